The van der Waals surface area contributed by atoms with E-state index in [0.717, 1.165) is 5.75 Å². The van der Waals surface area contributed by atoms with Gasteiger partial charge in [0.15, 0.2) is 0 Å². The molecule has 0 heterocycles. The normalized spacial score (nSPS) is 11.4. The second-order valence-corrected chi connectivity index (χ2v) is 3.88. The summed E-state index contributed by atoms with van der Waals surface area (Å²) in [5, 5.41) is 0. The molecule has 72 valence electrons. The molecule has 1 aromatic carbocycles. The topological polar surface area (TPSA) is 35.2 Å². The van der Waals surface area contributed by atoms with Crippen LogP contribution in [0.15, 0.2) is 24.3 Å². The van der Waals surface area contributed by atoms with E-state index < -0.39 is 0 Å². The Kier molecular flexibility index (Phi) is 2.94. The third-order valence-electron chi connectivity index (χ3n) is 1.88. The van der Waals surface area contributed by atoms with Gasteiger partial charge >= 0.3 is 0 Å². The minimum absolute atomic E-state index is 0.284. The summed E-state index contributed by atoms with van der Waals surface area (Å²) in [7, 11) is 0. The highest BCUT2D eigenvalue weighted by molar-refractivity contribution is 5.27. The lowest BCUT2D eigenvalue weighted by Gasteiger charge is -2.24. The van der Waals surface area contributed by atoms with E-state index >= 15 is 0 Å². The van der Waals surface area contributed by atoms with Crippen molar-refractivity contribution in [1.82, 2.24) is 0 Å². The van der Waals surface area contributed by atoms with Crippen LogP contribution in [0, 0.1) is 6.92 Å². The monoisotopic (exact) mass is 179 g/mol. The molecule has 0 saturated carbocycles. The fourth-order valence-corrected chi connectivity index (χ4v) is 1.04. The van der Waals surface area contributed by atoms with Crippen LogP contribution in [-0.2, 0) is 0 Å². The molecule has 0 aromatic heterocycles. The molecule has 1 aromatic rings. The minimum Gasteiger partial charge on any atom is -0.487 e. The fraction of sp³-hybridized carbons (Fsp3) is 0.455. The maximum Gasteiger partial charge on any atom is 0.120 e. The van der Waals surface area contributed by atoms with E-state index in [1.165, 1.54) is 5.56 Å². The Balaban J connectivity index is 2.74. The Morgan fingerprint density at radius 3 is 2.62 bits per heavy atom. The number of rotatable bonds is 3. The van der Waals surface area contributed by atoms with E-state index in [2.05, 4.69) is 0 Å². The van der Waals surface area contributed by atoms with Gasteiger partial charge in [-0.2, -0.15) is 0 Å². The molecule has 0 spiro atoms. The molecule has 1 rings (SSSR count). The van der Waals surface area contributed by atoms with Gasteiger partial charge in [-0.25, -0.2) is 0 Å². The Morgan fingerprint density at radius 2 is 2.08 bits per heavy atom. The summed E-state index contributed by atoms with van der Waals surface area (Å²) < 4.78 is 5.71. The third kappa shape index (κ3) is 3.07. The van der Waals surface area contributed by atoms with Crippen molar-refractivity contribution < 1.29 is 4.74 Å². The van der Waals surface area contributed by atoms with Crippen LogP contribution in [0.1, 0.15) is 19.4 Å². The Bertz CT molecular complexity index is 281. The van der Waals surface area contributed by atoms with Crippen molar-refractivity contribution in [3.63, 3.8) is 0 Å². The molecule has 13 heavy (non-hydrogen) atoms. The van der Waals surface area contributed by atoms with Crippen LogP contribution in [0.4, 0.5) is 0 Å². The summed E-state index contributed by atoms with van der Waals surface area (Å²) in [4.78, 5) is 0. The maximum absolute atomic E-state index is 5.71. The van der Waals surface area contributed by atoms with Crippen molar-refractivity contribution in [2.45, 2.75) is 26.4 Å². The summed E-state index contributed by atoms with van der Waals surface area (Å²) in [5.74, 6) is 0.885. The number of hydrogen-bond acceptors (Lipinski definition) is 2. The molecule has 0 unspecified atom stereocenters. The molecule has 0 atom stereocenters. The van der Waals surface area contributed by atoms with Gasteiger partial charge in [-0.1, -0.05) is 12.1 Å². The lowest BCUT2D eigenvalue weighted by Crippen LogP contribution is -2.37. The molecule has 0 amide bonds. The average Bonchev–Trinajstić information content (AvgIpc) is 2.03. The highest BCUT2D eigenvalue weighted by atomic mass is 16.5. The first-order chi connectivity index (χ1) is 6.03. The molecule has 2 N–H and O–H groups in total. The molecular weight excluding hydrogens is 162 g/mol. The number of ether oxygens (including phenoxy) is 1. The molecule has 0 aliphatic rings. The predicted octanol–water partition coefficient (Wildman–Crippen LogP) is 2.11. The summed E-state index contributed by atoms with van der Waals surface area (Å²) in [6.07, 6.45) is 0. The second-order valence-electron chi connectivity index (χ2n) is 3.88. The zero-order chi connectivity index (χ0) is 9.90. The van der Waals surface area contributed by atoms with Crippen molar-refractivity contribution in [3.8, 4) is 5.75 Å². The fourth-order valence-electron chi connectivity index (χ4n) is 1.04. The molecule has 0 fully saturated rings. The number of aryl methyl sites for hydroxylation is 1. The highest BCUT2D eigenvalue weighted by Crippen LogP contribution is 2.18. The Morgan fingerprint density at radius 1 is 1.38 bits per heavy atom. The maximum atomic E-state index is 5.71. The van der Waals surface area contributed by atoms with Crippen LogP contribution in [0.25, 0.3) is 0 Å². The molecule has 2 nitrogen and oxygen atoms in total. The van der Waals surface area contributed by atoms with Gasteiger partial charge in [0.05, 0.1) is 0 Å². The van der Waals surface area contributed by atoms with Gasteiger partial charge in [-0.3, -0.25) is 0 Å². The van der Waals surface area contributed by atoms with Gasteiger partial charge < -0.3 is 10.5 Å². The van der Waals surface area contributed by atoms with E-state index in [0.29, 0.717) is 6.54 Å². The first-order valence-corrected chi connectivity index (χ1v) is 4.49. The van der Waals surface area contributed by atoms with Gasteiger partial charge in [0.25, 0.3) is 0 Å². The lowest BCUT2D eigenvalue weighted by atomic mass is 10.1. The summed E-state index contributed by atoms with van der Waals surface area (Å²) in [6, 6.07) is 7.99. The first kappa shape index (κ1) is 10.1. The van der Waals surface area contributed by atoms with Crippen LogP contribution in [0.3, 0.4) is 0 Å². The van der Waals surface area contributed by atoms with Gasteiger partial charge in [0, 0.05) is 6.54 Å². The largest absolute Gasteiger partial charge is 0.487 e. The van der Waals surface area contributed by atoms with Crippen molar-refractivity contribution in [3.05, 3.63) is 29.8 Å². The third-order valence-corrected chi connectivity index (χ3v) is 1.88. The van der Waals surface area contributed by atoms with Gasteiger partial charge in [-0.05, 0) is 38.5 Å². The molecule has 0 aliphatic heterocycles. The van der Waals surface area contributed by atoms with Crippen LogP contribution in [-0.4, -0.2) is 12.1 Å². The average molecular weight is 179 g/mol. The van der Waals surface area contributed by atoms with Crippen LogP contribution in [0.2, 0.25) is 0 Å². The second kappa shape index (κ2) is 3.79. The van der Waals surface area contributed by atoms with Crippen molar-refractivity contribution in [2.24, 2.45) is 5.73 Å². The summed E-state index contributed by atoms with van der Waals surface area (Å²) >= 11 is 0. The number of benzene rings is 1. The molecule has 0 bridgehead atoms. The van der Waals surface area contributed by atoms with Crippen LogP contribution < -0.4 is 10.5 Å². The van der Waals surface area contributed by atoms with Gasteiger partial charge in [0.1, 0.15) is 11.4 Å². The minimum atomic E-state index is -0.284. The Labute approximate surface area is 79.7 Å². The summed E-state index contributed by atoms with van der Waals surface area (Å²) in [5.41, 5.74) is 6.48. The van der Waals surface area contributed by atoms with E-state index in [1.54, 1.807) is 0 Å². The highest BCUT2D eigenvalue weighted by Gasteiger charge is 2.16. The molecule has 0 saturated heterocycles. The molecule has 2 heteroatoms. The lowest BCUT2D eigenvalue weighted by molar-refractivity contribution is 0.119. The van der Waals surface area contributed by atoms with Gasteiger partial charge in [0.2, 0.25) is 0 Å². The number of hydrogen-bond donors (Lipinski definition) is 1. The number of nitrogens with two attached hydrogens (primary N) is 1. The SMILES string of the molecule is Cc1cccc(OC(C)(C)CN)c1. The van der Waals surface area contributed by atoms with E-state index in [1.807, 2.05) is 45.0 Å². The Hall–Kier alpha value is -1.02. The smallest absolute Gasteiger partial charge is 0.120 e. The molecule has 0 aliphatic carbocycles. The van der Waals surface area contributed by atoms with E-state index in [-0.39, 0.29) is 5.60 Å². The van der Waals surface area contributed by atoms with Crippen LogP contribution >= 0.6 is 0 Å². The van der Waals surface area contributed by atoms with Gasteiger partial charge in [-0.15, -0.1) is 0 Å². The van der Waals surface area contributed by atoms with E-state index in [4.69, 9.17) is 10.5 Å². The molecular formula is C11H17NO. The molecule has 0 radical (unpaired) electrons. The first-order valence-electron chi connectivity index (χ1n) is 4.49. The zero-order valence-corrected chi connectivity index (χ0v) is 8.50. The van der Waals surface area contributed by atoms with E-state index in [9.17, 15) is 0 Å². The zero-order valence-electron chi connectivity index (χ0n) is 8.50. The summed E-state index contributed by atoms with van der Waals surface area (Å²) in [6.45, 7) is 6.52. The van der Waals surface area contributed by atoms with Crippen molar-refractivity contribution in [2.75, 3.05) is 6.54 Å². The van der Waals surface area contributed by atoms with Crippen molar-refractivity contribution >= 4 is 0 Å². The quantitative estimate of drug-likeness (QED) is 0.771. The standard InChI is InChI=1S/C11H17NO/c1-9-5-4-6-10(7-9)13-11(2,3)8-12/h4-7H,8,12H2,1-3H3. The van der Waals surface area contributed by atoms with Crippen LogP contribution in [0.5, 0.6) is 5.75 Å². The predicted molar refractivity (Wildman–Crippen MR) is 54.9 cm³/mol. The van der Waals surface area contributed by atoms with Crippen molar-refractivity contribution in [1.29, 1.82) is 0 Å².